The summed E-state index contributed by atoms with van der Waals surface area (Å²) in [7, 11) is 2.06. The first-order chi connectivity index (χ1) is 7.25. The van der Waals surface area contributed by atoms with Gasteiger partial charge in [0.1, 0.15) is 0 Å². The van der Waals surface area contributed by atoms with Crippen molar-refractivity contribution in [2.45, 2.75) is 38.2 Å². The predicted octanol–water partition coefficient (Wildman–Crippen LogP) is 1.73. The number of likely N-dealkylation sites (N-methyl/N-ethyl adjacent to an activating group) is 1. The number of allylic oxidation sites excluding steroid dienone is 2. The number of carbonyl (C=O) groups is 1. The first-order valence-electron chi connectivity index (χ1n) is 5.82. The fourth-order valence-corrected chi connectivity index (χ4v) is 2.26. The minimum atomic E-state index is 0.265. The van der Waals surface area contributed by atoms with Crippen LogP contribution in [0.5, 0.6) is 0 Å². The van der Waals surface area contributed by atoms with Gasteiger partial charge < -0.3 is 9.64 Å². The lowest BCUT2D eigenvalue weighted by atomic mass is 10.1. The standard InChI is InChI=1S/C12H19NO2/c1-13(10-5-6-11(14)8-10)9-12-4-2-3-7-15-12/h8,12H,2-7,9H2,1H3. The third kappa shape index (κ3) is 2.81. The van der Waals surface area contributed by atoms with Crippen LogP contribution in [0.1, 0.15) is 32.1 Å². The molecule has 1 unspecified atom stereocenters. The number of hydrogen-bond donors (Lipinski definition) is 0. The molecule has 0 aromatic carbocycles. The molecular formula is C12H19NO2. The van der Waals surface area contributed by atoms with Crippen LogP contribution in [-0.4, -0.2) is 37.0 Å². The van der Waals surface area contributed by atoms with Crippen molar-refractivity contribution in [3.63, 3.8) is 0 Å². The number of carbonyl (C=O) groups excluding carboxylic acids is 1. The molecule has 3 nitrogen and oxygen atoms in total. The monoisotopic (exact) mass is 209 g/mol. The molecule has 0 spiro atoms. The van der Waals surface area contributed by atoms with E-state index in [9.17, 15) is 4.79 Å². The van der Waals surface area contributed by atoms with Crippen molar-refractivity contribution in [2.24, 2.45) is 0 Å². The second-order valence-electron chi connectivity index (χ2n) is 4.47. The molecule has 15 heavy (non-hydrogen) atoms. The van der Waals surface area contributed by atoms with E-state index >= 15 is 0 Å². The van der Waals surface area contributed by atoms with Gasteiger partial charge in [-0.25, -0.2) is 0 Å². The second kappa shape index (κ2) is 4.79. The summed E-state index contributed by atoms with van der Waals surface area (Å²) < 4.78 is 5.68. The number of ketones is 1. The van der Waals surface area contributed by atoms with Crippen LogP contribution in [-0.2, 0) is 9.53 Å². The molecule has 2 aliphatic rings. The fourth-order valence-electron chi connectivity index (χ4n) is 2.26. The highest BCUT2D eigenvalue weighted by Crippen LogP contribution is 2.20. The van der Waals surface area contributed by atoms with Gasteiger partial charge in [-0.2, -0.15) is 0 Å². The molecule has 0 aromatic rings. The van der Waals surface area contributed by atoms with Crippen LogP contribution >= 0.6 is 0 Å². The molecule has 0 radical (unpaired) electrons. The van der Waals surface area contributed by atoms with Crippen LogP contribution in [0.2, 0.25) is 0 Å². The summed E-state index contributed by atoms with van der Waals surface area (Å²) in [5.41, 5.74) is 1.18. The van der Waals surface area contributed by atoms with Crippen LogP contribution in [0.15, 0.2) is 11.8 Å². The summed E-state index contributed by atoms with van der Waals surface area (Å²) in [4.78, 5) is 13.3. The quantitative estimate of drug-likeness (QED) is 0.709. The summed E-state index contributed by atoms with van der Waals surface area (Å²) in [6.45, 7) is 1.83. The Kier molecular flexibility index (Phi) is 3.41. The average molecular weight is 209 g/mol. The predicted molar refractivity (Wildman–Crippen MR) is 58.5 cm³/mol. The van der Waals surface area contributed by atoms with Gasteiger partial charge in [0.25, 0.3) is 0 Å². The zero-order valence-electron chi connectivity index (χ0n) is 9.37. The molecule has 0 amide bonds. The maximum atomic E-state index is 11.1. The Balaban J connectivity index is 1.83. The molecule has 3 heteroatoms. The highest BCUT2D eigenvalue weighted by molar-refractivity contribution is 5.92. The van der Waals surface area contributed by atoms with E-state index < -0.39 is 0 Å². The van der Waals surface area contributed by atoms with Crippen LogP contribution in [0, 0.1) is 0 Å². The van der Waals surface area contributed by atoms with Crippen molar-refractivity contribution in [3.8, 4) is 0 Å². The Hall–Kier alpha value is -0.830. The summed E-state index contributed by atoms with van der Waals surface area (Å²) in [6.07, 6.45) is 7.36. The van der Waals surface area contributed by atoms with Gasteiger partial charge in [-0.3, -0.25) is 4.79 Å². The lowest BCUT2D eigenvalue weighted by Gasteiger charge is -2.29. The van der Waals surface area contributed by atoms with Crippen LogP contribution in [0.4, 0.5) is 0 Å². The van der Waals surface area contributed by atoms with Gasteiger partial charge in [-0.1, -0.05) is 0 Å². The highest BCUT2D eigenvalue weighted by Gasteiger charge is 2.20. The molecule has 0 N–H and O–H groups in total. The van der Waals surface area contributed by atoms with E-state index in [-0.39, 0.29) is 5.78 Å². The molecule has 0 saturated carbocycles. The Bertz CT molecular complexity index is 267. The average Bonchev–Trinajstić information content (AvgIpc) is 2.66. The van der Waals surface area contributed by atoms with Gasteiger partial charge in [0, 0.05) is 38.4 Å². The van der Waals surface area contributed by atoms with E-state index in [1.54, 1.807) is 6.08 Å². The van der Waals surface area contributed by atoms with Gasteiger partial charge >= 0.3 is 0 Å². The fraction of sp³-hybridized carbons (Fsp3) is 0.750. The first kappa shape index (κ1) is 10.7. The second-order valence-corrected chi connectivity index (χ2v) is 4.47. The van der Waals surface area contributed by atoms with Crippen molar-refractivity contribution >= 4 is 5.78 Å². The van der Waals surface area contributed by atoms with Gasteiger partial charge in [0.15, 0.2) is 5.78 Å². The van der Waals surface area contributed by atoms with E-state index in [4.69, 9.17) is 4.74 Å². The van der Waals surface area contributed by atoms with E-state index in [0.717, 1.165) is 26.0 Å². The maximum Gasteiger partial charge on any atom is 0.157 e. The van der Waals surface area contributed by atoms with Gasteiger partial charge in [-0.05, 0) is 25.7 Å². The minimum absolute atomic E-state index is 0.265. The third-order valence-corrected chi connectivity index (χ3v) is 3.20. The Labute approximate surface area is 91.1 Å². The van der Waals surface area contributed by atoms with Gasteiger partial charge in [0.2, 0.25) is 0 Å². The summed E-state index contributed by atoms with van der Waals surface area (Å²) in [6, 6.07) is 0. The SMILES string of the molecule is CN(CC1CCCCO1)C1=CC(=O)CC1. The smallest absolute Gasteiger partial charge is 0.157 e. The molecule has 1 saturated heterocycles. The third-order valence-electron chi connectivity index (χ3n) is 3.20. The molecular weight excluding hydrogens is 190 g/mol. The van der Waals surface area contributed by atoms with Crippen LogP contribution < -0.4 is 0 Å². The number of hydrogen-bond acceptors (Lipinski definition) is 3. The topological polar surface area (TPSA) is 29.5 Å². The Morgan fingerprint density at radius 2 is 2.33 bits per heavy atom. The number of nitrogens with zero attached hydrogens (tertiary/aromatic N) is 1. The molecule has 0 bridgehead atoms. The van der Waals surface area contributed by atoms with Crippen molar-refractivity contribution in [3.05, 3.63) is 11.8 Å². The number of rotatable bonds is 3. The normalized spacial score (nSPS) is 26.6. The van der Waals surface area contributed by atoms with Crippen LogP contribution in [0.25, 0.3) is 0 Å². The molecule has 2 rings (SSSR count). The molecule has 0 aromatic heterocycles. The van der Waals surface area contributed by atoms with Crippen molar-refractivity contribution < 1.29 is 9.53 Å². The van der Waals surface area contributed by atoms with Crippen LogP contribution in [0.3, 0.4) is 0 Å². The van der Waals surface area contributed by atoms with Crippen molar-refractivity contribution in [1.82, 2.24) is 4.90 Å². The lowest BCUT2D eigenvalue weighted by molar-refractivity contribution is -0.114. The first-order valence-corrected chi connectivity index (χ1v) is 5.82. The van der Waals surface area contributed by atoms with Crippen molar-refractivity contribution in [1.29, 1.82) is 0 Å². The maximum absolute atomic E-state index is 11.1. The molecule has 1 fully saturated rings. The summed E-state index contributed by atoms with van der Waals surface area (Å²) in [5, 5.41) is 0. The molecule has 1 aliphatic carbocycles. The Morgan fingerprint density at radius 3 is 2.93 bits per heavy atom. The van der Waals surface area contributed by atoms with Gasteiger partial charge in [0.05, 0.1) is 6.10 Å². The summed E-state index contributed by atoms with van der Waals surface area (Å²) >= 11 is 0. The van der Waals surface area contributed by atoms with E-state index in [0.29, 0.717) is 12.5 Å². The number of ether oxygens (including phenoxy) is 1. The zero-order chi connectivity index (χ0) is 10.7. The highest BCUT2D eigenvalue weighted by atomic mass is 16.5. The Morgan fingerprint density at radius 1 is 1.47 bits per heavy atom. The van der Waals surface area contributed by atoms with E-state index in [1.165, 1.54) is 18.5 Å². The lowest BCUT2D eigenvalue weighted by Crippen LogP contribution is -2.32. The molecule has 1 heterocycles. The van der Waals surface area contributed by atoms with Crippen molar-refractivity contribution in [2.75, 3.05) is 20.2 Å². The van der Waals surface area contributed by atoms with E-state index in [2.05, 4.69) is 11.9 Å². The van der Waals surface area contributed by atoms with Gasteiger partial charge in [-0.15, -0.1) is 0 Å². The molecule has 84 valence electrons. The minimum Gasteiger partial charge on any atom is -0.376 e. The largest absolute Gasteiger partial charge is 0.376 e. The molecule has 1 atom stereocenters. The molecule has 1 aliphatic heterocycles. The van der Waals surface area contributed by atoms with E-state index in [1.807, 2.05) is 0 Å². The zero-order valence-corrected chi connectivity index (χ0v) is 9.37. The summed E-state index contributed by atoms with van der Waals surface area (Å²) in [5.74, 6) is 0.265.